The Kier molecular flexibility index (Phi) is 6.16. The van der Waals surface area contributed by atoms with E-state index in [1.54, 1.807) is 25.1 Å². The summed E-state index contributed by atoms with van der Waals surface area (Å²) in [5.74, 6) is -3.44. The number of Topliss-reactive ketones (excluding diaryl/α,β-unsaturated/α-hetero) is 1. The number of aliphatic hydroxyl groups is 1. The van der Waals surface area contributed by atoms with Gasteiger partial charge in [0.15, 0.2) is 5.13 Å². The van der Waals surface area contributed by atoms with E-state index in [0.29, 0.717) is 5.75 Å². The van der Waals surface area contributed by atoms with E-state index in [-0.39, 0.29) is 32.4 Å². The average molecular weight is 482 g/mol. The summed E-state index contributed by atoms with van der Waals surface area (Å²) in [4.78, 5) is 43.8. The first kappa shape index (κ1) is 23.1. The minimum absolute atomic E-state index is 0.00190. The number of benzene rings is 2. The van der Waals surface area contributed by atoms with E-state index in [0.717, 1.165) is 16.2 Å². The number of rotatable bonds is 5. The molecule has 4 rings (SSSR count). The molecule has 0 unspecified atom stereocenters. The van der Waals surface area contributed by atoms with Gasteiger partial charge in [-0.2, -0.15) is 0 Å². The molecule has 8 nitrogen and oxygen atoms in total. The molecule has 0 radical (unpaired) electrons. The van der Waals surface area contributed by atoms with Crippen LogP contribution in [0.15, 0.2) is 54.1 Å². The Morgan fingerprint density at radius 3 is 2.56 bits per heavy atom. The first-order valence-electron chi connectivity index (χ1n) is 10.0. The van der Waals surface area contributed by atoms with E-state index >= 15 is 0 Å². The molecule has 0 aliphatic carbocycles. The first-order chi connectivity index (χ1) is 16.3. The largest absolute Gasteiger partial charge is 0.507 e. The van der Waals surface area contributed by atoms with Crippen molar-refractivity contribution >= 4 is 39.9 Å². The maximum Gasteiger partial charge on any atom is 0.350 e. The van der Waals surface area contributed by atoms with Gasteiger partial charge in [-0.25, -0.2) is 14.2 Å². The highest BCUT2D eigenvalue weighted by Crippen LogP contribution is 2.44. The first-order valence-corrected chi connectivity index (χ1v) is 10.9. The number of thiazole rings is 1. The zero-order valence-corrected chi connectivity index (χ0v) is 19.2. The highest BCUT2D eigenvalue weighted by atomic mass is 32.1. The van der Waals surface area contributed by atoms with Crippen molar-refractivity contribution in [2.24, 2.45) is 0 Å². The van der Waals surface area contributed by atoms with Crippen molar-refractivity contribution < 1.29 is 33.4 Å². The summed E-state index contributed by atoms with van der Waals surface area (Å²) < 4.78 is 24.9. The molecule has 1 saturated heterocycles. The highest BCUT2D eigenvalue weighted by Gasteiger charge is 2.49. The van der Waals surface area contributed by atoms with E-state index in [4.69, 9.17) is 9.47 Å². The lowest BCUT2D eigenvalue weighted by Crippen LogP contribution is -2.29. The van der Waals surface area contributed by atoms with Gasteiger partial charge in [-0.05, 0) is 25.1 Å². The van der Waals surface area contributed by atoms with Crippen LogP contribution in [0.25, 0.3) is 5.76 Å². The van der Waals surface area contributed by atoms with Crippen molar-refractivity contribution in [1.82, 2.24) is 4.98 Å². The number of methoxy groups -OCH3 is 2. The molecule has 1 aliphatic heterocycles. The number of aromatic nitrogens is 1. The highest BCUT2D eigenvalue weighted by molar-refractivity contribution is 7.17. The number of nitrogens with zero attached hydrogens (tertiary/aromatic N) is 2. The standard InChI is InChI=1S/C24H19FN2O6S/c1-12-21(23(31)33-3)34-24(26-12)27-18(15-9-4-5-10-16(15)25)17(20(29)22(27)30)19(28)13-7-6-8-14(11-13)32-2/h4-11,18,28H,1-3H3/b19-17+/t18-/m1/s1. The molecule has 0 saturated carbocycles. The lowest BCUT2D eigenvalue weighted by atomic mass is 9.95. The van der Waals surface area contributed by atoms with Gasteiger partial charge >= 0.3 is 11.9 Å². The number of anilines is 1. The SMILES string of the molecule is COC(=O)c1sc(N2C(=O)C(=O)/C(=C(/O)c3cccc(OC)c3)[C@H]2c2ccccc2F)nc1C. The van der Waals surface area contributed by atoms with Crippen LogP contribution in [0.1, 0.15) is 32.5 Å². The Balaban J connectivity index is 1.96. The number of ether oxygens (including phenoxy) is 2. The minimum atomic E-state index is -1.32. The molecule has 1 atom stereocenters. The van der Waals surface area contributed by atoms with Crippen molar-refractivity contribution in [2.75, 3.05) is 19.1 Å². The van der Waals surface area contributed by atoms with Gasteiger partial charge in [0.25, 0.3) is 5.78 Å². The van der Waals surface area contributed by atoms with Crippen LogP contribution in [0.2, 0.25) is 0 Å². The Morgan fingerprint density at radius 2 is 1.88 bits per heavy atom. The number of hydrogen-bond acceptors (Lipinski definition) is 8. The fraction of sp³-hybridized carbons (Fsp3) is 0.167. The van der Waals surface area contributed by atoms with Crippen LogP contribution in [0.4, 0.5) is 9.52 Å². The number of esters is 1. The molecule has 174 valence electrons. The minimum Gasteiger partial charge on any atom is -0.507 e. The molecule has 3 aromatic rings. The summed E-state index contributed by atoms with van der Waals surface area (Å²) in [6, 6.07) is 10.6. The number of amides is 1. The second-order valence-corrected chi connectivity index (χ2v) is 8.30. The summed E-state index contributed by atoms with van der Waals surface area (Å²) in [5.41, 5.74) is 0.174. The Labute approximate surface area is 197 Å². The molecule has 10 heteroatoms. The van der Waals surface area contributed by atoms with E-state index in [2.05, 4.69) is 4.98 Å². The van der Waals surface area contributed by atoms with Crippen molar-refractivity contribution in [3.8, 4) is 5.75 Å². The predicted octanol–water partition coefficient (Wildman–Crippen LogP) is 4.01. The molecule has 2 aromatic carbocycles. The van der Waals surface area contributed by atoms with Crippen molar-refractivity contribution in [1.29, 1.82) is 0 Å². The summed E-state index contributed by atoms with van der Waals surface area (Å²) in [6.45, 7) is 1.55. The smallest absolute Gasteiger partial charge is 0.350 e. The van der Waals surface area contributed by atoms with Gasteiger partial charge in [0, 0.05) is 11.1 Å². The molecular formula is C24H19FN2O6S. The van der Waals surface area contributed by atoms with Gasteiger partial charge in [0.05, 0.1) is 25.5 Å². The number of hydrogen-bond donors (Lipinski definition) is 1. The van der Waals surface area contributed by atoms with Gasteiger partial charge in [0.2, 0.25) is 0 Å². The van der Waals surface area contributed by atoms with Crippen LogP contribution in [0, 0.1) is 12.7 Å². The molecule has 0 bridgehead atoms. The van der Waals surface area contributed by atoms with Crippen LogP contribution in [-0.4, -0.2) is 42.0 Å². The average Bonchev–Trinajstić information content (AvgIpc) is 3.35. The number of aliphatic hydroxyl groups excluding tert-OH is 1. The van der Waals surface area contributed by atoms with Crippen LogP contribution in [0.5, 0.6) is 5.75 Å². The quantitative estimate of drug-likeness (QED) is 0.253. The van der Waals surface area contributed by atoms with Gasteiger partial charge in [-0.15, -0.1) is 0 Å². The lowest BCUT2D eigenvalue weighted by Gasteiger charge is -2.23. The topological polar surface area (TPSA) is 106 Å². The third kappa shape index (κ3) is 3.81. The molecule has 0 spiro atoms. The van der Waals surface area contributed by atoms with Gasteiger partial charge < -0.3 is 14.6 Å². The Morgan fingerprint density at radius 1 is 1.15 bits per heavy atom. The molecule has 1 N–H and O–H groups in total. The van der Waals surface area contributed by atoms with Crippen molar-refractivity contribution in [2.45, 2.75) is 13.0 Å². The Hall–Kier alpha value is -4.05. The molecule has 1 amide bonds. The van der Waals surface area contributed by atoms with E-state index in [9.17, 15) is 23.9 Å². The predicted molar refractivity (Wildman–Crippen MR) is 122 cm³/mol. The zero-order valence-electron chi connectivity index (χ0n) is 18.4. The van der Waals surface area contributed by atoms with E-state index < -0.39 is 35.3 Å². The third-order valence-corrected chi connectivity index (χ3v) is 6.49. The lowest BCUT2D eigenvalue weighted by molar-refractivity contribution is -0.132. The molecule has 1 fully saturated rings. The van der Waals surface area contributed by atoms with Crippen LogP contribution < -0.4 is 9.64 Å². The second kappa shape index (κ2) is 9.06. The summed E-state index contributed by atoms with van der Waals surface area (Å²) in [5, 5.41) is 11.1. The van der Waals surface area contributed by atoms with Gasteiger partial charge in [-0.1, -0.05) is 41.7 Å². The molecule has 34 heavy (non-hydrogen) atoms. The normalized spacial score (nSPS) is 17.2. The van der Waals surface area contributed by atoms with Crippen LogP contribution in [-0.2, 0) is 14.3 Å². The number of halogens is 1. The number of ketones is 1. The number of aryl methyl sites for hydroxylation is 1. The molecule has 2 heterocycles. The fourth-order valence-electron chi connectivity index (χ4n) is 3.71. The second-order valence-electron chi connectivity index (χ2n) is 7.33. The summed E-state index contributed by atoms with van der Waals surface area (Å²) >= 11 is 0.836. The summed E-state index contributed by atoms with van der Waals surface area (Å²) in [7, 11) is 2.65. The maximum atomic E-state index is 14.9. The van der Waals surface area contributed by atoms with E-state index in [1.807, 2.05) is 0 Å². The fourth-order valence-corrected chi connectivity index (χ4v) is 4.73. The third-order valence-electron chi connectivity index (χ3n) is 5.35. The van der Waals surface area contributed by atoms with Crippen molar-refractivity contribution in [3.63, 3.8) is 0 Å². The number of carbonyl (C=O) groups is 3. The number of carbonyl (C=O) groups excluding carboxylic acids is 3. The van der Waals surface area contributed by atoms with Crippen LogP contribution in [0.3, 0.4) is 0 Å². The summed E-state index contributed by atoms with van der Waals surface area (Å²) in [6.07, 6.45) is 0. The Bertz CT molecular complexity index is 1350. The molecule has 1 aliphatic rings. The van der Waals surface area contributed by atoms with Crippen molar-refractivity contribution in [3.05, 3.63) is 81.6 Å². The van der Waals surface area contributed by atoms with Gasteiger partial charge in [0.1, 0.15) is 28.2 Å². The monoisotopic (exact) mass is 482 g/mol. The van der Waals surface area contributed by atoms with Gasteiger partial charge in [-0.3, -0.25) is 14.5 Å². The van der Waals surface area contributed by atoms with E-state index in [1.165, 1.54) is 44.6 Å². The molecule has 1 aromatic heterocycles. The van der Waals surface area contributed by atoms with Crippen LogP contribution >= 0.6 is 11.3 Å². The maximum absolute atomic E-state index is 14.9. The molecular weight excluding hydrogens is 463 g/mol. The zero-order chi connectivity index (χ0) is 24.6.